The van der Waals surface area contributed by atoms with E-state index in [1.165, 1.54) is 0 Å². The van der Waals surface area contributed by atoms with E-state index < -0.39 is 6.08 Å². The maximum atomic E-state index is 13.4. The van der Waals surface area contributed by atoms with Crippen LogP contribution in [0.2, 0.25) is 0 Å². The normalized spacial score (nSPS) is 18.6. The van der Waals surface area contributed by atoms with Crippen molar-refractivity contribution in [3.05, 3.63) is 41.9 Å². The van der Waals surface area contributed by atoms with Gasteiger partial charge in [0, 0.05) is 34.4 Å². The van der Waals surface area contributed by atoms with Gasteiger partial charge in [-0.15, -0.1) is 0 Å². The van der Waals surface area contributed by atoms with E-state index in [9.17, 15) is 4.39 Å². The number of hydrogen-bond donors (Lipinski definition) is 0. The van der Waals surface area contributed by atoms with Crippen molar-refractivity contribution in [3.8, 4) is 11.3 Å². The van der Waals surface area contributed by atoms with Crippen molar-refractivity contribution in [1.82, 2.24) is 15.0 Å². The van der Waals surface area contributed by atoms with Crippen LogP contribution < -0.4 is 0 Å². The van der Waals surface area contributed by atoms with Gasteiger partial charge in [0.1, 0.15) is 0 Å². The third-order valence-electron chi connectivity index (χ3n) is 4.65. The van der Waals surface area contributed by atoms with Gasteiger partial charge >= 0.3 is 6.08 Å². The first kappa shape index (κ1) is 12.2. The lowest BCUT2D eigenvalue weighted by Crippen LogP contribution is -2.44. The molecule has 0 aromatic carbocycles. The number of hydrogen-bond acceptors (Lipinski definition) is 3. The third-order valence-corrected chi connectivity index (χ3v) is 4.65. The van der Waals surface area contributed by atoms with Crippen LogP contribution in [0.4, 0.5) is 4.39 Å². The van der Waals surface area contributed by atoms with E-state index in [0.29, 0.717) is 5.69 Å². The average molecular weight is 257 g/mol. The fourth-order valence-corrected chi connectivity index (χ4v) is 2.75. The van der Waals surface area contributed by atoms with E-state index in [2.05, 4.69) is 42.6 Å². The maximum Gasteiger partial charge on any atom is 0.309 e. The minimum absolute atomic E-state index is 0.169. The Morgan fingerprint density at radius 2 is 1.79 bits per heavy atom. The number of aromatic nitrogens is 3. The Balaban J connectivity index is 2.43. The molecule has 1 aliphatic carbocycles. The summed E-state index contributed by atoms with van der Waals surface area (Å²) in [4.78, 5) is 12.2. The van der Waals surface area contributed by atoms with Crippen LogP contribution in [0.1, 0.15) is 39.0 Å². The monoisotopic (exact) mass is 257 g/mol. The molecule has 0 unspecified atom stereocenters. The lowest BCUT2D eigenvalue weighted by molar-refractivity contribution is 0.288. The van der Waals surface area contributed by atoms with Gasteiger partial charge in [0.15, 0.2) is 0 Å². The zero-order valence-corrected chi connectivity index (χ0v) is 11.5. The predicted molar refractivity (Wildman–Crippen MR) is 71.3 cm³/mol. The van der Waals surface area contributed by atoms with E-state index in [4.69, 9.17) is 0 Å². The largest absolute Gasteiger partial charge is 0.309 e. The Morgan fingerprint density at radius 3 is 2.53 bits per heavy atom. The van der Waals surface area contributed by atoms with Gasteiger partial charge in [-0.05, 0) is 12.1 Å². The molecule has 98 valence electrons. The highest BCUT2D eigenvalue weighted by Gasteiger charge is 2.47. The van der Waals surface area contributed by atoms with Crippen LogP contribution in [0.15, 0.2) is 24.5 Å². The molecule has 0 radical (unpaired) electrons. The van der Waals surface area contributed by atoms with Crippen molar-refractivity contribution in [1.29, 1.82) is 0 Å². The van der Waals surface area contributed by atoms with Crippen molar-refractivity contribution < 1.29 is 4.39 Å². The van der Waals surface area contributed by atoms with Crippen molar-refractivity contribution in [2.24, 2.45) is 0 Å². The number of nitrogens with zero attached hydrogens (tertiary/aromatic N) is 3. The summed E-state index contributed by atoms with van der Waals surface area (Å²) in [6.07, 6.45) is 2.69. The molecule has 3 rings (SSSR count). The Hall–Kier alpha value is -1.84. The highest BCUT2D eigenvalue weighted by atomic mass is 19.1. The molecule has 2 aromatic heterocycles. The van der Waals surface area contributed by atoms with Crippen LogP contribution in [-0.2, 0) is 10.8 Å². The van der Waals surface area contributed by atoms with Gasteiger partial charge < -0.3 is 0 Å². The predicted octanol–water partition coefficient (Wildman–Crippen LogP) is 3.25. The lowest BCUT2D eigenvalue weighted by Gasteiger charge is -2.46. The minimum atomic E-state index is -0.691. The van der Waals surface area contributed by atoms with Crippen LogP contribution in [0.25, 0.3) is 11.3 Å². The summed E-state index contributed by atoms with van der Waals surface area (Å²) in [5, 5.41) is 0. The summed E-state index contributed by atoms with van der Waals surface area (Å²) in [5.74, 6) is 0. The van der Waals surface area contributed by atoms with Gasteiger partial charge in [0.25, 0.3) is 0 Å². The second-order valence-corrected chi connectivity index (χ2v) is 6.05. The molecule has 0 saturated heterocycles. The topological polar surface area (TPSA) is 38.7 Å². The number of pyridine rings is 1. The van der Waals surface area contributed by atoms with E-state index in [-0.39, 0.29) is 10.8 Å². The highest BCUT2D eigenvalue weighted by Crippen LogP contribution is 2.51. The fraction of sp³-hybridized carbons (Fsp3) is 0.400. The molecule has 1 aliphatic rings. The van der Waals surface area contributed by atoms with Gasteiger partial charge in [0.05, 0.1) is 11.4 Å². The molecule has 0 aliphatic heterocycles. The fourth-order valence-electron chi connectivity index (χ4n) is 2.75. The van der Waals surface area contributed by atoms with Crippen molar-refractivity contribution in [2.45, 2.75) is 38.5 Å². The summed E-state index contributed by atoms with van der Waals surface area (Å²) in [6.45, 7) is 8.58. The van der Waals surface area contributed by atoms with E-state index in [1.54, 1.807) is 12.4 Å². The summed E-state index contributed by atoms with van der Waals surface area (Å²) < 4.78 is 13.4. The van der Waals surface area contributed by atoms with E-state index >= 15 is 0 Å². The van der Waals surface area contributed by atoms with Crippen molar-refractivity contribution in [3.63, 3.8) is 0 Å². The first-order valence-corrected chi connectivity index (χ1v) is 6.34. The number of rotatable bonds is 0. The van der Waals surface area contributed by atoms with Gasteiger partial charge in [-0.25, -0.2) is 9.97 Å². The van der Waals surface area contributed by atoms with Crippen molar-refractivity contribution in [2.75, 3.05) is 0 Å². The molecule has 19 heavy (non-hydrogen) atoms. The molecule has 0 N–H and O–H groups in total. The standard InChI is InChI=1S/C15H16FN3/c1-14(2)10-8-18-13(16)19-11(10)9-6-5-7-17-12(9)15(14,3)4/h5-8H,1-4H3. The van der Waals surface area contributed by atoms with Crippen LogP contribution in [0.5, 0.6) is 0 Å². The second-order valence-electron chi connectivity index (χ2n) is 6.05. The van der Waals surface area contributed by atoms with Gasteiger partial charge in [-0.2, -0.15) is 4.39 Å². The number of fused-ring (bicyclic) bond motifs is 3. The SMILES string of the molecule is CC1(C)c2cnc(F)nc2-c2cccnc2C1(C)C. The van der Waals surface area contributed by atoms with Crippen LogP contribution in [0, 0.1) is 6.08 Å². The molecule has 0 bridgehead atoms. The first-order valence-electron chi connectivity index (χ1n) is 6.34. The Bertz CT molecular complexity index is 662. The van der Waals surface area contributed by atoms with Crippen LogP contribution >= 0.6 is 0 Å². The van der Waals surface area contributed by atoms with Crippen LogP contribution in [0.3, 0.4) is 0 Å². The first-order chi connectivity index (χ1) is 8.85. The Morgan fingerprint density at radius 1 is 1.05 bits per heavy atom. The average Bonchev–Trinajstić information content (AvgIpc) is 2.37. The summed E-state index contributed by atoms with van der Waals surface area (Å²) in [7, 11) is 0. The number of halogens is 1. The smallest absolute Gasteiger partial charge is 0.260 e. The molecule has 0 amide bonds. The van der Waals surface area contributed by atoms with Crippen molar-refractivity contribution >= 4 is 0 Å². The second kappa shape index (κ2) is 3.59. The molecular formula is C15H16FN3. The Labute approximate surface area is 111 Å². The molecule has 0 fully saturated rings. The quantitative estimate of drug-likeness (QED) is 0.680. The maximum absolute atomic E-state index is 13.4. The third kappa shape index (κ3) is 1.46. The molecule has 0 saturated carbocycles. The molecule has 2 heterocycles. The lowest BCUT2D eigenvalue weighted by atomic mass is 9.58. The zero-order chi connectivity index (χ0) is 13.8. The summed E-state index contributed by atoms with van der Waals surface area (Å²) in [5.41, 5.74) is 3.13. The van der Waals surface area contributed by atoms with Gasteiger partial charge in [-0.3, -0.25) is 4.98 Å². The summed E-state index contributed by atoms with van der Waals surface area (Å²) in [6, 6.07) is 3.81. The minimum Gasteiger partial charge on any atom is -0.260 e. The summed E-state index contributed by atoms with van der Waals surface area (Å²) >= 11 is 0. The molecule has 0 atom stereocenters. The molecule has 0 spiro atoms. The zero-order valence-electron chi connectivity index (χ0n) is 11.5. The Kier molecular flexibility index (Phi) is 2.31. The molecule has 3 nitrogen and oxygen atoms in total. The molecule has 4 heteroatoms. The van der Waals surface area contributed by atoms with E-state index in [0.717, 1.165) is 16.8 Å². The highest BCUT2D eigenvalue weighted by molar-refractivity contribution is 5.72. The van der Waals surface area contributed by atoms with Crippen LogP contribution in [-0.4, -0.2) is 15.0 Å². The van der Waals surface area contributed by atoms with Gasteiger partial charge in [-0.1, -0.05) is 27.7 Å². The molecule has 2 aromatic rings. The van der Waals surface area contributed by atoms with Gasteiger partial charge in [0.2, 0.25) is 0 Å². The molecular weight excluding hydrogens is 241 g/mol. The van der Waals surface area contributed by atoms with E-state index in [1.807, 2.05) is 12.1 Å².